The maximum absolute atomic E-state index is 13.5. The van der Waals surface area contributed by atoms with Crippen LogP contribution in [0.3, 0.4) is 0 Å². The van der Waals surface area contributed by atoms with Gasteiger partial charge in [-0.25, -0.2) is 4.39 Å². The van der Waals surface area contributed by atoms with Gasteiger partial charge in [-0.15, -0.1) is 0 Å². The molecule has 17 heavy (non-hydrogen) atoms. The Balaban J connectivity index is 2.04. The van der Waals surface area contributed by atoms with E-state index in [4.69, 9.17) is 11.6 Å². The van der Waals surface area contributed by atoms with E-state index in [2.05, 4.69) is 27.9 Å². The molecule has 0 saturated carbocycles. The molecule has 2 aromatic rings. The van der Waals surface area contributed by atoms with E-state index in [0.29, 0.717) is 17.1 Å². The molecule has 0 aromatic heterocycles. The highest BCUT2D eigenvalue weighted by molar-refractivity contribution is 14.1. The fourth-order valence-corrected chi connectivity index (χ4v) is 1.95. The molecular weight excluding hydrogens is 352 g/mol. The predicted octanol–water partition coefficient (Wildman–Crippen LogP) is 4.70. The summed E-state index contributed by atoms with van der Waals surface area (Å²) in [6.07, 6.45) is 0. The van der Waals surface area contributed by atoms with Crippen LogP contribution in [-0.4, -0.2) is 0 Å². The fraction of sp³-hybridized carbons (Fsp3) is 0.0769. The van der Waals surface area contributed by atoms with Gasteiger partial charge >= 0.3 is 0 Å². The van der Waals surface area contributed by atoms with E-state index in [1.54, 1.807) is 12.1 Å². The third-order valence-electron chi connectivity index (χ3n) is 2.34. The Labute approximate surface area is 118 Å². The maximum atomic E-state index is 13.5. The molecule has 0 spiro atoms. The van der Waals surface area contributed by atoms with Crippen LogP contribution in [0.4, 0.5) is 10.1 Å². The Kier molecular flexibility index (Phi) is 4.23. The lowest BCUT2D eigenvalue weighted by molar-refractivity contribution is 0.613. The molecule has 1 N–H and O–H groups in total. The molecule has 0 bridgehead atoms. The summed E-state index contributed by atoms with van der Waals surface area (Å²) in [6.45, 7) is 0.448. The Morgan fingerprint density at radius 1 is 1.12 bits per heavy atom. The Bertz CT molecular complexity index is 513. The second-order valence-electron chi connectivity index (χ2n) is 3.60. The number of hydrogen-bond acceptors (Lipinski definition) is 1. The molecule has 0 unspecified atom stereocenters. The van der Waals surface area contributed by atoms with Crippen LogP contribution in [0.5, 0.6) is 0 Å². The highest BCUT2D eigenvalue weighted by Crippen LogP contribution is 2.17. The van der Waals surface area contributed by atoms with Crippen molar-refractivity contribution in [3.8, 4) is 0 Å². The van der Waals surface area contributed by atoms with Crippen molar-refractivity contribution in [3.05, 3.63) is 62.4 Å². The number of rotatable bonds is 3. The zero-order chi connectivity index (χ0) is 12.3. The first-order valence-electron chi connectivity index (χ1n) is 5.08. The lowest BCUT2D eigenvalue weighted by atomic mass is 10.2. The minimum atomic E-state index is -0.282. The van der Waals surface area contributed by atoms with Crippen LogP contribution < -0.4 is 5.32 Å². The van der Waals surface area contributed by atoms with E-state index in [-0.39, 0.29) is 5.82 Å². The van der Waals surface area contributed by atoms with E-state index in [1.807, 2.05) is 24.3 Å². The topological polar surface area (TPSA) is 12.0 Å². The van der Waals surface area contributed by atoms with E-state index in [1.165, 1.54) is 9.64 Å². The van der Waals surface area contributed by atoms with Gasteiger partial charge in [-0.05, 0) is 59.0 Å². The normalized spacial score (nSPS) is 10.3. The maximum Gasteiger partial charge on any atom is 0.129 e. The van der Waals surface area contributed by atoms with E-state index < -0.39 is 0 Å². The molecule has 0 aliphatic heterocycles. The molecule has 0 heterocycles. The van der Waals surface area contributed by atoms with Gasteiger partial charge in [0.05, 0.1) is 0 Å². The zero-order valence-electron chi connectivity index (χ0n) is 8.88. The number of benzene rings is 2. The van der Waals surface area contributed by atoms with Crippen LogP contribution in [0.15, 0.2) is 42.5 Å². The van der Waals surface area contributed by atoms with Gasteiger partial charge in [-0.1, -0.05) is 17.7 Å². The van der Waals surface area contributed by atoms with Crippen molar-refractivity contribution in [2.24, 2.45) is 0 Å². The highest BCUT2D eigenvalue weighted by Gasteiger charge is 2.02. The molecule has 0 atom stereocenters. The third kappa shape index (κ3) is 3.57. The van der Waals surface area contributed by atoms with Gasteiger partial charge in [0.25, 0.3) is 0 Å². The van der Waals surface area contributed by atoms with Gasteiger partial charge in [-0.3, -0.25) is 0 Å². The largest absolute Gasteiger partial charge is 0.381 e. The minimum Gasteiger partial charge on any atom is -0.381 e. The summed E-state index contributed by atoms with van der Waals surface area (Å²) in [6, 6.07) is 12.6. The van der Waals surface area contributed by atoms with Crippen molar-refractivity contribution >= 4 is 39.9 Å². The van der Waals surface area contributed by atoms with Crippen molar-refractivity contribution in [3.63, 3.8) is 0 Å². The predicted molar refractivity (Wildman–Crippen MR) is 77.9 cm³/mol. The SMILES string of the molecule is Fc1cc(Cl)ccc1CNc1ccc(I)cc1. The second-order valence-corrected chi connectivity index (χ2v) is 5.28. The first-order chi connectivity index (χ1) is 8.15. The average molecular weight is 362 g/mol. The molecule has 0 aliphatic rings. The summed E-state index contributed by atoms with van der Waals surface area (Å²) in [5.41, 5.74) is 1.58. The molecule has 2 aromatic carbocycles. The summed E-state index contributed by atoms with van der Waals surface area (Å²) in [7, 11) is 0. The van der Waals surface area contributed by atoms with Crippen LogP contribution in [0.25, 0.3) is 0 Å². The molecule has 4 heteroatoms. The fourth-order valence-electron chi connectivity index (χ4n) is 1.43. The van der Waals surface area contributed by atoms with Gasteiger partial charge in [0, 0.05) is 26.4 Å². The van der Waals surface area contributed by atoms with E-state index in [0.717, 1.165) is 5.69 Å². The quantitative estimate of drug-likeness (QED) is 0.782. The van der Waals surface area contributed by atoms with Crippen molar-refractivity contribution in [1.82, 2.24) is 0 Å². The van der Waals surface area contributed by atoms with Crippen LogP contribution >= 0.6 is 34.2 Å². The first-order valence-corrected chi connectivity index (χ1v) is 6.54. The molecule has 88 valence electrons. The van der Waals surface area contributed by atoms with Gasteiger partial charge in [0.1, 0.15) is 5.82 Å². The standard InChI is InChI=1S/C13H10ClFIN/c14-10-2-1-9(13(15)7-10)8-17-12-5-3-11(16)4-6-12/h1-7,17H,8H2. The molecule has 2 rings (SSSR count). The Morgan fingerprint density at radius 3 is 2.47 bits per heavy atom. The number of halogens is 3. The molecule has 0 fully saturated rings. The number of hydrogen-bond donors (Lipinski definition) is 1. The van der Waals surface area contributed by atoms with Gasteiger partial charge < -0.3 is 5.32 Å². The third-order valence-corrected chi connectivity index (χ3v) is 3.30. The van der Waals surface area contributed by atoms with Crippen LogP contribution in [0.1, 0.15) is 5.56 Å². The molecule has 0 radical (unpaired) electrons. The van der Waals surface area contributed by atoms with Crippen LogP contribution in [0, 0.1) is 9.39 Å². The summed E-state index contributed by atoms with van der Waals surface area (Å²) >= 11 is 7.93. The van der Waals surface area contributed by atoms with Crippen LogP contribution in [0.2, 0.25) is 5.02 Å². The minimum absolute atomic E-state index is 0.282. The number of nitrogens with one attached hydrogen (secondary N) is 1. The molecule has 1 nitrogen and oxygen atoms in total. The van der Waals surface area contributed by atoms with E-state index >= 15 is 0 Å². The molecule has 0 saturated heterocycles. The van der Waals surface area contributed by atoms with Crippen LogP contribution in [-0.2, 0) is 6.54 Å². The second kappa shape index (κ2) is 5.69. The molecular formula is C13H10ClFIN. The van der Waals surface area contributed by atoms with Gasteiger partial charge in [0.15, 0.2) is 0 Å². The summed E-state index contributed by atoms with van der Waals surface area (Å²) < 4.78 is 14.7. The summed E-state index contributed by atoms with van der Waals surface area (Å²) in [5.74, 6) is -0.282. The van der Waals surface area contributed by atoms with Crippen molar-refractivity contribution in [2.75, 3.05) is 5.32 Å². The van der Waals surface area contributed by atoms with Crippen molar-refractivity contribution < 1.29 is 4.39 Å². The lowest BCUT2D eigenvalue weighted by Gasteiger charge is -2.07. The zero-order valence-corrected chi connectivity index (χ0v) is 11.8. The monoisotopic (exact) mass is 361 g/mol. The lowest BCUT2D eigenvalue weighted by Crippen LogP contribution is -2.01. The molecule has 0 amide bonds. The molecule has 0 aliphatic carbocycles. The van der Waals surface area contributed by atoms with Gasteiger partial charge in [0.2, 0.25) is 0 Å². The van der Waals surface area contributed by atoms with Crippen molar-refractivity contribution in [2.45, 2.75) is 6.54 Å². The smallest absolute Gasteiger partial charge is 0.129 e. The van der Waals surface area contributed by atoms with E-state index in [9.17, 15) is 4.39 Å². The highest BCUT2D eigenvalue weighted by atomic mass is 127. The summed E-state index contributed by atoms with van der Waals surface area (Å²) in [5, 5.41) is 3.58. The van der Waals surface area contributed by atoms with Crippen molar-refractivity contribution in [1.29, 1.82) is 0 Å². The first kappa shape index (κ1) is 12.6. The Hall–Kier alpha value is -0.810. The summed E-state index contributed by atoms with van der Waals surface area (Å²) in [4.78, 5) is 0. The number of anilines is 1. The van der Waals surface area contributed by atoms with Gasteiger partial charge in [-0.2, -0.15) is 0 Å². The average Bonchev–Trinajstić information content (AvgIpc) is 2.30. The Morgan fingerprint density at radius 2 is 1.82 bits per heavy atom.